The van der Waals surface area contributed by atoms with Crippen LogP contribution in [0, 0.1) is 0 Å². The molecule has 0 radical (unpaired) electrons. The third-order valence-electron chi connectivity index (χ3n) is 3.58. The summed E-state index contributed by atoms with van der Waals surface area (Å²) in [7, 11) is 1.67. The standard InChI is InChI=1S/C14H22N2O3/c1-3-19-14(17)12-10-13(11-6-4-5-7-11)16(15-12)8-9-18-2/h10-11H,3-9H2,1-2H3. The first-order valence-corrected chi connectivity index (χ1v) is 7.00. The molecule has 0 bridgehead atoms. The third kappa shape index (κ3) is 3.35. The molecule has 1 fully saturated rings. The zero-order valence-corrected chi connectivity index (χ0v) is 11.7. The molecular weight excluding hydrogens is 244 g/mol. The summed E-state index contributed by atoms with van der Waals surface area (Å²) in [5, 5.41) is 4.37. The van der Waals surface area contributed by atoms with E-state index in [0.717, 1.165) is 5.69 Å². The minimum Gasteiger partial charge on any atom is -0.461 e. The van der Waals surface area contributed by atoms with Gasteiger partial charge in [0.25, 0.3) is 0 Å². The topological polar surface area (TPSA) is 53.4 Å². The average molecular weight is 266 g/mol. The molecule has 0 saturated heterocycles. The smallest absolute Gasteiger partial charge is 0.358 e. The van der Waals surface area contributed by atoms with Crippen molar-refractivity contribution in [2.24, 2.45) is 0 Å². The fraction of sp³-hybridized carbons (Fsp3) is 0.714. The number of carbonyl (C=O) groups excluding carboxylic acids is 1. The van der Waals surface area contributed by atoms with Crippen LogP contribution in [0.1, 0.15) is 54.7 Å². The lowest BCUT2D eigenvalue weighted by Gasteiger charge is -2.11. The number of rotatable bonds is 6. The van der Waals surface area contributed by atoms with Gasteiger partial charge in [-0.15, -0.1) is 0 Å². The largest absolute Gasteiger partial charge is 0.461 e. The van der Waals surface area contributed by atoms with Crippen molar-refractivity contribution in [2.45, 2.75) is 45.1 Å². The van der Waals surface area contributed by atoms with E-state index in [1.54, 1.807) is 14.0 Å². The fourth-order valence-electron chi connectivity index (χ4n) is 2.64. The van der Waals surface area contributed by atoms with E-state index >= 15 is 0 Å². The van der Waals surface area contributed by atoms with Crippen LogP contribution in [0.3, 0.4) is 0 Å². The van der Waals surface area contributed by atoms with Gasteiger partial charge in [-0.25, -0.2) is 4.79 Å². The molecule has 1 aromatic heterocycles. The van der Waals surface area contributed by atoms with E-state index in [2.05, 4.69) is 5.10 Å². The molecule has 19 heavy (non-hydrogen) atoms. The molecule has 106 valence electrons. The molecule has 0 spiro atoms. The lowest BCUT2D eigenvalue weighted by molar-refractivity contribution is 0.0518. The van der Waals surface area contributed by atoms with Crippen molar-refractivity contribution >= 4 is 5.97 Å². The molecule has 1 aromatic rings. The summed E-state index contributed by atoms with van der Waals surface area (Å²) in [5.74, 6) is 0.186. The van der Waals surface area contributed by atoms with Gasteiger partial charge in [-0.1, -0.05) is 12.8 Å². The van der Waals surface area contributed by atoms with E-state index in [0.29, 0.717) is 31.4 Å². The van der Waals surface area contributed by atoms with Gasteiger partial charge in [0.2, 0.25) is 0 Å². The molecule has 5 heteroatoms. The molecule has 5 nitrogen and oxygen atoms in total. The van der Waals surface area contributed by atoms with Crippen molar-refractivity contribution in [3.8, 4) is 0 Å². The maximum absolute atomic E-state index is 11.8. The number of nitrogens with zero attached hydrogens (tertiary/aromatic N) is 2. The highest BCUT2D eigenvalue weighted by atomic mass is 16.5. The molecule has 0 aliphatic heterocycles. The summed E-state index contributed by atoms with van der Waals surface area (Å²) in [6.07, 6.45) is 4.88. The minimum absolute atomic E-state index is 0.335. The Hall–Kier alpha value is -1.36. The number of ether oxygens (including phenoxy) is 2. The normalized spacial score (nSPS) is 15.9. The second-order valence-corrected chi connectivity index (χ2v) is 4.87. The first-order valence-electron chi connectivity index (χ1n) is 7.00. The van der Waals surface area contributed by atoms with Crippen LogP contribution in [0.5, 0.6) is 0 Å². The average Bonchev–Trinajstić information content (AvgIpc) is 3.05. The van der Waals surface area contributed by atoms with E-state index in [4.69, 9.17) is 9.47 Å². The van der Waals surface area contributed by atoms with Gasteiger partial charge in [0, 0.05) is 18.7 Å². The Labute approximate surface area is 113 Å². The van der Waals surface area contributed by atoms with E-state index in [-0.39, 0.29) is 5.97 Å². The highest BCUT2D eigenvalue weighted by Crippen LogP contribution is 2.34. The van der Waals surface area contributed by atoms with Crippen LogP contribution < -0.4 is 0 Å². The summed E-state index contributed by atoms with van der Waals surface area (Å²) in [6.45, 7) is 3.46. The Morgan fingerprint density at radius 1 is 1.47 bits per heavy atom. The first-order chi connectivity index (χ1) is 9.26. The SMILES string of the molecule is CCOC(=O)c1cc(C2CCCC2)n(CCOC)n1. The van der Waals surface area contributed by atoms with Gasteiger partial charge in [-0.3, -0.25) is 4.68 Å². The van der Waals surface area contributed by atoms with Crippen LogP contribution in [0.4, 0.5) is 0 Å². The first kappa shape index (κ1) is 14.1. The predicted octanol–water partition coefficient (Wildman–Crippen LogP) is 2.36. The van der Waals surface area contributed by atoms with Crippen LogP contribution >= 0.6 is 0 Å². The molecule has 1 aliphatic carbocycles. The lowest BCUT2D eigenvalue weighted by Crippen LogP contribution is -2.12. The summed E-state index contributed by atoms with van der Waals surface area (Å²) >= 11 is 0. The summed E-state index contributed by atoms with van der Waals surface area (Å²) in [4.78, 5) is 11.8. The number of hydrogen-bond acceptors (Lipinski definition) is 4. The highest BCUT2D eigenvalue weighted by Gasteiger charge is 2.24. The Morgan fingerprint density at radius 3 is 2.84 bits per heavy atom. The highest BCUT2D eigenvalue weighted by molar-refractivity contribution is 5.87. The van der Waals surface area contributed by atoms with Crippen molar-refractivity contribution in [3.63, 3.8) is 0 Å². The summed E-state index contributed by atoms with van der Waals surface area (Å²) in [6, 6.07) is 1.89. The monoisotopic (exact) mass is 266 g/mol. The Balaban J connectivity index is 2.19. The third-order valence-corrected chi connectivity index (χ3v) is 3.58. The number of carbonyl (C=O) groups is 1. The molecule has 0 atom stereocenters. The van der Waals surface area contributed by atoms with E-state index in [1.165, 1.54) is 25.7 Å². The summed E-state index contributed by atoms with van der Waals surface area (Å²) < 4.78 is 12.0. The minimum atomic E-state index is -0.335. The van der Waals surface area contributed by atoms with E-state index in [9.17, 15) is 4.79 Å². The van der Waals surface area contributed by atoms with E-state index < -0.39 is 0 Å². The van der Waals surface area contributed by atoms with Crippen LogP contribution in [-0.2, 0) is 16.0 Å². The van der Waals surface area contributed by atoms with Gasteiger partial charge >= 0.3 is 5.97 Å². The van der Waals surface area contributed by atoms with Crippen molar-refractivity contribution in [1.29, 1.82) is 0 Å². The van der Waals surface area contributed by atoms with Gasteiger partial charge in [0.05, 0.1) is 19.8 Å². The molecule has 0 amide bonds. The number of aromatic nitrogens is 2. The van der Waals surface area contributed by atoms with Gasteiger partial charge in [0.1, 0.15) is 0 Å². The number of hydrogen-bond donors (Lipinski definition) is 0. The second-order valence-electron chi connectivity index (χ2n) is 4.87. The Bertz CT molecular complexity index is 422. The van der Waals surface area contributed by atoms with Crippen LogP contribution in [0.25, 0.3) is 0 Å². The maximum Gasteiger partial charge on any atom is 0.358 e. The van der Waals surface area contributed by atoms with Crippen molar-refractivity contribution in [1.82, 2.24) is 9.78 Å². The molecule has 0 unspecified atom stereocenters. The Morgan fingerprint density at radius 2 is 2.21 bits per heavy atom. The number of esters is 1. The maximum atomic E-state index is 11.8. The molecule has 1 aliphatic rings. The molecular formula is C14H22N2O3. The van der Waals surface area contributed by atoms with Gasteiger partial charge in [-0.2, -0.15) is 5.10 Å². The van der Waals surface area contributed by atoms with Gasteiger partial charge in [0.15, 0.2) is 5.69 Å². The van der Waals surface area contributed by atoms with Crippen LogP contribution in [0.15, 0.2) is 6.07 Å². The molecule has 1 saturated carbocycles. The van der Waals surface area contributed by atoms with Crippen LogP contribution in [0.2, 0.25) is 0 Å². The lowest BCUT2D eigenvalue weighted by atomic mass is 10.0. The zero-order valence-electron chi connectivity index (χ0n) is 11.7. The van der Waals surface area contributed by atoms with Gasteiger partial charge in [-0.05, 0) is 25.8 Å². The predicted molar refractivity (Wildman–Crippen MR) is 71.3 cm³/mol. The Kier molecular flexibility index (Phi) is 4.96. The second kappa shape index (κ2) is 6.70. The molecule has 2 rings (SSSR count). The number of methoxy groups -OCH3 is 1. The fourth-order valence-corrected chi connectivity index (χ4v) is 2.64. The molecule has 0 aromatic carbocycles. The molecule has 1 heterocycles. The van der Waals surface area contributed by atoms with Crippen molar-refractivity contribution in [2.75, 3.05) is 20.3 Å². The molecule has 0 N–H and O–H groups in total. The van der Waals surface area contributed by atoms with Crippen LogP contribution in [-0.4, -0.2) is 36.1 Å². The van der Waals surface area contributed by atoms with Gasteiger partial charge < -0.3 is 9.47 Å². The van der Waals surface area contributed by atoms with Crippen molar-refractivity contribution < 1.29 is 14.3 Å². The van der Waals surface area contributed by atoms with E-state index in [1.807, 2.05) is 10.7 Å². The quantitative estimate of drug-likeness (QED) is 0.742. The zero-order chi connectivity index (χ0) is 13.7. The summed E-state index contributed by atoms with van der Waals surface area (Å²) in [5.41, 5.74) is 1.57. The van der Waals surface area contributed by atoms with Crippen molar-refractivity contribution in [3.05, 3.63) is 17.5 Å².